The molecule has 0 unspecified atom stereocenters. The highest BCUT2D eigenvalue weighted by Crippen LogP contribution is 2.37. The van der Waals surface area contributed by atoms with Gasteiger partial charge in [0.25, 0.3) is 0 Å². The lowest BCUT2D eigenvalue weighted by Crippen LogP contribution is -2.13. The minimum absolute atomic E-state index is 0.773. The number of hydrogen-bond donors (Lipinski definition) is 0. The summed E-state index contributed by atoms with van der Waals surface area (Å²) in [6, 6.07) is 8.60. The second-order valence-corrected chi connectivity index (χ2v) is 5.27. The first-order valence-corrected chi connectivity index (χ1v) is 6.90. The van der Waals surface area contributed by atoms with E-state index >= 15 is 0 Å². The van der Waals surface area contributed by atoms with Crippen LogP contribution in [-0.4, -0.2) is 0 Å². The van der Waals surface area contributed by atoms with Crippen LogP contribution in [0.3, 0.4) is 0 Å². The van der Waals surface area contributed by atoms with Crippen molar-refractivity contribution in [1.82, 2.24) is 0 Å². The summed E-state index contributed by atoms with van der Waals surface area (Å²) >= 11 is 0. The molecule has 1 aromatic rings. The van der Waals surface area contributed by atoms with Crippen molar-refractivity contribution in [1.29, 1.82) is 0 Å². The van der Waals surface area contributed by atoms with Gasteiger partial charge in [-0.1, -0.05) is 37.8 Å². The zero-order valence-corrected chi connectivity index (χ0v) is 10.8. The summed E-state index contributed by atoms with van der Waals surface area (Å²) in [5.74, 6) is 4.44. The summed E-state index contributed by atoms with van der Waals surface area (Å²) in [7, 11) is 0. The van der Waals surface area contributed by atoms with Crippen molar-refractivity contribution in [2.75, 3.05) is 0 Å². The molecular formula is C17H22. The lowest BCUT2D eigenvalue weighted by atomic mass is 9.77. The van der Waals surface area contributed by atoms with E-state index < -0.39 is 0 Å². The molecule has 0 nitrogen and oxygen atoms in total. The third kappa shape index (κ3) is 3.13. The summed E-state index contributed by atoms with van der Waals surface area (Å²) in [4.78, 5) is 0. The number of benzene rings is 1. The van der Waals surface area contributed by atoms with Crippen molar-refractivity contribution in [3.63, 3.8) is 0 Å². The third-order valence-corrected chi connectivity index (χ3v) is 4.09. The average Bonchev–Trinajstić information content (AvgIpc) is 2.40. The predicted molar refractivity (Wildman–Crippen MR) is 74.0 cm³/mol. The fourth-order valence-electron chi connectivity index (χ4n) is 3.04. The molecule has 0 heteroatoms. The minimum Gasteiger partial charge on any atom is -0.115 e. The molecule has 1 fully saturated rings. The van der Waals surface area contributed by atoms with Crippen molar-refractivity contribution >= 4 is 0 Å². The van der Waals surface area contributed by atoms with E-state index in [0.29, 0.717) is 0 Å². The van der Waals surface area contributed by atoms with E-state index in [-0.39, 0.29) is 0 Å². The van der Waals surface area contributed by atoms with E-state index in [2.05, 4.69) is 37.1 Å². The summed E-state index contributed by atoms with van der Waals surface area (Å²) in [6.45, 7) is 2.30. The van der Waals surface area contributed by atoms with Gasteiger partial charge in [-0.3, -0.25) is 0 Å². The molecule has 90 valence electrons. The maximum Gasteiger partial charge on any atom is 0.0242 e. The second-order valence-electron chi connectivity index (χ2n) is 5.27. The van der Waals surface area contributed by atoms with E-state index in [1.165, 1.54) is 44.1 Å². The number of rotatable bonds is 3. The van der Waals surface area contributed by atoms with Crippen molar-refractivity contribution < 1.29 is 0 Å². The Morgan fingerprint density at radius 1 is 1.12 bits per heavy atom. The summed E-state index contributed by atoms with van der Waals surface area (Å²) in [6.07, 6.45) is 13.7. The highest BCUT2D eigenvalue weighted by atomic mass is 14.3. The highest BCUT2D eigenvalue weighted by Gasteiger charge is 2.21. The molecule has 0 radical (unpaired) electrons. The SMILES string of the molecule is C#Cc1ccc(C2CCC(CCC)CC2)cc1. The van der Waals surface area contributed by atoms with Crippen LogP contribution in [-0.2, 0) is 0 Å². The Morgan fingerprint density at radius 3 is 2.29 bits per heavy atom. The summed E-state index contributed by atoms with van der Waals surface area (Å²) in [5.41, 5.74) is 2.48. The van der Waals surface area contributed by atoms with Crippen molar-refractivity contribution in [3.05, 3.63) is 35.4 Å². The molecule has 0 aromatic heterocycles. The topological polar surface area (TPSA) is 0 Å². The average molecular weight is 226 g/mol. The van der Waals surface area contributed by atoms with Gasteiger partial charge in [-0.25, -0.2) is 0 Å². The van der Waals surface area contributed by atoms with Gasteiger partial charge in [0.05, 0.1) is 0 Å². The van der Waals surface area contributed by atoms with Crippen LogP contribution in [0.5, 0.6) is 0 Å². The molecule has 0 spiro atoms. The van der Waals surface area contributed by atoms with Gasteiger partial charge in [0.15, 0.2) is 0 Å². The largest absolute Gasteiger partial charge is 0.115 e. The van der Waals surface area contributed by atoms with Gasteiger partial charge in [-0.2, -0.15) is 0 Å². The Morgan fingerprint density at radius 2 is 1.76 bits per heavy atom. The zero-order chi connectivity index (χ0) is 12.1. The van der Waals surface area contributed by atoms with Crippen LogP contribution in [0.4, 0.5) is 0 Å². The molecule has 0 amide bonds. The van der Waals surface area contributed by atoms with E-state index in [1.807, 2.05) is 0 Å². The quantitative estimate of drug-likeness (QED) is 0.653. The molecule has 1 saturated carbocycles. The molecule has 0 saturated heterocycles. The van der Waals surface area contributed by atoms with E-state index in [4.69, 9.17) is 6.42 Å². The monoisotopic (exact) mass is 226 g/mol. The maximum absolute atomic E-state index is 5.38. The van der Waals surface area contributed by atoms with Gasteiger partial charge in [-0.05, 0) is 55.2 Å². The number of hydrogen-bond acceptors (Lipinski definition) is 0. The lowest BCUT2D eigenvalue weighted by Gasteiger charge is -2.28. The van der Waals surface area contributed by atoms with Crippen LogP contribution in [0.15, 0.2) is 24.3 Å². The van der Waals surface area contributed by atoms with Crippen molar-refractivity contribution in [3.8, 4) is 12.3 Å². The van der Waals surface area contributed by atoms with Crippen LogP contribution in [0.1, 0.15) is 62.5 Å². The molecule has 2 rings (SSSR count). The molecular weight excluding hydrogens is 204 g/mol. The van der Waals surface area contributed by atoms with Crippen LogP contribution in [0.2, 0.25) is 0 Å². The highest BCUT2D eigenvalue weighted by molar-refractivity contribution is 5.35. The van der Waals surface area contributed by atoms with Crippen molar-refractivity contribution in [2.24, 2.45) is 5.92 Å². The minimum atomic E-state index is 0.773. The van der Waals surface area contributed by atoms with Gasteiger partial charge in [0.1, 0.15) is 0 Å². The first kappa shape index (κ1) is 12.2. The Hall–Kier alpha value is -1.22. The Balaban J connectivity index is 1.94. The van der Waals surface area contributed by atoms with Gasteiger partial charge in [0.2, 0.25) is 0 Å². The predicted octanol–water partition coefficient (Wildman–Crippen LogP) is 4.74. The normalized spacial score (nSPS) is 24.2. The van der Waals surface area contributed by atoms with Crippen LogP contribution in [0.25, 0.3) is 0 Å². The van der Waals surface area contributed by atoms with Crippen LogP contribution < -0.4 is 0 Å². The van der Waals surface area contributed by atoms with E-state index in [9.17, 15) is 0 Å². The van der Waals surface area contributed by atoms with Gasteiger partial charge in [0, 0.05) is 5.56 Å². The third-order valence-electron chi connectivity index (χ3n) is 4.09. The molecule has 1 aliphatic carbocycles. The second kappa shape index (κ2) is 5.92. The van der Waals surface area contributed by atoms with Gasteiger partial charge in [-0.15, -0.1) is 6.42 Å². The first-order chi connectivity index (χ1) is 8.33. The fraction of sp³-hybridized carbons (Fsp3) is 0.529. The molecule has 17 heavy (non-hydrogen) atoms. The van der Waals surface area contributed by atoms with Crippen LogP contribution >= 0.6 is 0 Å². The summed E-state index contributed by atoms with van der Waals surface area (Å²) in [5, 5.41) is 0. The molecule has 0 N–H and O–H groups in total. The van der Waals surface area contributed by atoms with E-state index in [0.717, 1.165) is 17.4 Å². The molecule has 0 bridgehead atoms. The molecule has 0 aliphatic heterocycles. The lowest BCUT2D eigenvalue weighted by molar-refractivity contribution is 0.308. The Labute approximate surface area is 105 Å². The summed E-state index contributed by atoms with van der Waals surface area (Å²) < 4.78 is 0. The van der Waals surface area contributed by atoms with Gasteiger partial charge < -0.3 is 0 Å². The Kier molecular flexibility index (Phi) is 4.26. The molecule has 0 atom stereocenters. The molecule has 1 aromatic carbocycles. The van der Waals surface area contributed by atoms with Crippen LogP contribution in [0, 0.1) is 18.3 Å². The standard InChI is InChI=1S/C17H22/c1-3-5-15-8-12-17(13-9-15)16-10-6-14(4-2)7-11-16/h2,6-7,10-11,15,17H,3,5,8-9,12-13H2,1H3. The van der Waals surface area contributed by atoms with Crippen molar-refractivity contribution in [2.45, 2.75) is 51.4 Å². The smallest absolute Gasteiger partial charge is 0.0242 e. The Bertz CT molecular complexity index is 371. The zero-order valence-electron chi connectivity index (χ0n) is 10.8. The molecule has 0 heterocycles. The first-order valence-electron chi connectivity index (χ1n) is 6.90. The molecule has 1 aliphatic rings. The maximum atomic E-state index is 5.38. The van der Waals surface area contributed by atoms with Gasteiger partial charge >= 0.3 is 0 Å². The fourth-order valence-corrected chi connectivity index (χ4v) is 3.04. The number of terminal acetylenes is 1. The van der Waals surface area contributed by atoms with E-state index in [1.54, 1.807) is 0 Å².